The maximum absolute atomic E-state index is 5.14. The molecule has 6 aromatic rings. The highest BCUT2D eigenvalue weighted by atomic mass is 14.9. The van der Waals surface area contributed by atoms with Crippen molar-refractivity contribution in [2.24, 2.45) is 0 Å². The molecule has 0 aliphatic heterocycles. The summed E-state index contributed by atoms with van der Waals surface area (Å²) in [6, 6.07) is 46.2. The summed E-state index contributed by atoms with van der Waals surface area (Å²) >= 11 is 0. The Morgan fingerprint density at radius 2 is 1.13 bits per heavy atom. The van der Waals surface area contributed by atoms with E-state index in [1.165, 1.54) is 44.5 Å². The summed E-state index contributed by atoms with van der Waals surface area (Å²) in [7, 11) is 0. The van der Waals surface area contributed by atoms with Crippen molar-refractivity contribution in [2.45, 2.75) is 18.8 Å². The molecule has 2 aliphatic carbocycles. The van der Waals surface area contributed by atoms with Crippen LogP contribution < -0.4 is 0 Å². The fourth-order valence-corrected chi connectivity index (χ4v) is 6.98. The third-order valence-electron chi connectivity index (χ3n) is 8.45. The van der Waals surface area contributed by atoms with Crippen molar-refractivity contribution in [3.8, 4) is 33.8 Å². The van der Waals surface area contributed by atoms with Crippen molar-refractivity contribution in [1.29, 1.82) is 0 Å². The minimum atomic E-state index is -0.363. The molecule has 1 aromatic heterocycles. The van der Waals surface area contributed by atoms with Crippen LogP contribution in [0.15, 0.2) is 127 Å². The SMILES string of the molecule is Cc1cc(-c2cccc3c2-c2ccccc2C32c3ccccc3Cc3ccccc32)nc(-c2ccccc2)n1. The summed E-state index contributed by atoms with van der Waals surface area (Å²) in [4.78, 5) is 9.93. The number of nitrogens with zero attached hydrogens (tertiary/aromatic N) is 2. The van der Waals surface area contributed by atoms with E-state index in [0.29, 0.717) is 0 Å². The third kappa shape index (κ3) is 3.09. The second-order valence-corrected chi connectivity index (χ2v) is 10.6. The second-order valence-electron chi connectivity index (χ2n) is 10.6. The summed E-state index contributed by atoms with van der Waals surface area (Å²) in [5.74, 6) is 0.762. The van der Waals surface area contributed by atoms with E-state index in [9.17, 15) is 0 Å². The summed E-state index contributed by atoms with van der Waals surface area (Å²) in [5.41, 5.74) is 14.5. The summed E-state index contributed by atoms with van der Waals surface area (Å²) in [6.07, 6.45) is 0.955. The van der Waals surface area contributed by atoms with Crippen molar-refractivity contribution in [2.75, 3.05) is 0 Å². The molecule has 0 saturated carbocycles. The van der Waals surface area contributed by atoms with Crippen molar-refractivity contribution < 1.29 is 0 Å². The van der Waals surface area contributed by atoms with Gasteiger partial charge in [0.2, 0.25) is 0 Å². The van der Waals surface area contributed by atoms with Crippen molar-refractivity contribution in [3.05, 3.63) is 166 Å². The van der Waals surface area contributed by atoms with Gasteiger partial charge in [0.05, 0.1) is 11.1 Å². The summed E-state index contributed by atoms with van der Waals surface area (Å²) < 4.78 is 0. The molecule has 0 saturated heterocycles. The number of hydrogen-bond acceptors (Lipinski definition) is 2. The van der Waals surface area contributed by atoms with Gasteiger partial charge in [-0.3, -0.25) is 0 Å². The van der Waals surface area contributed by atoms with E-state index in [-0.39, 0.29) is 5.41 Å². The average Bonchev–Trinajstić information content (AvgIpc) is 3.29. The topological polar surface area (TPSA) is 25.8 Å². The monoisotopic (exact) mass is 498 g/mol. The first-order valence-corrected chi connectivity index (χ1v) is 13.6. The molecule has 0 atom stereocenters. The van der Waals surface area contributed by atoms with Crippen LogP contribution in [0.4, 0.5) is 0 Å². The molecule has 0 bridgehead atoms. The largest absolute Gasteiger partial charge is 0.233 e. The number of aromatic nitrogens is 2. The first-order valence-electron chi connectivity index (χ1n) is 13.6. The lowest BCUT2D eigenvalue weighted by Crippen LogP contribution is -2.34. The van der Waals surface area contributed by atoms with E-state index in [4.69, 9.17) is 9.97 Å². The molecule has 39 heavy (non-hydrogen) atoms. The minimum absolute atomic E-state index is 0.363. The summed E-state index contributed by atoms with van der Waals surface area (Å²) in [5, 5.41) is 0. The number of fused-ring (bicyclic) bond motifs is 9. The minimum Gasteiger partial charge on any atom is -0.233 e. The van der Waals surface area contributed by atoms with E-state index in [0.717, 1.165) is 34.8 Å². The third-order valence-corrected chi connectivity index (χ3v) is 8.45. The maximum atomic E-state index is 5.14. The van der Waals surface area contributed by atoms with Crippen LogP contribution in [0.2, 0.25) is 0 Å². The molecule has 0 unspecified atom stereocenters. The van der Waals surface area contributed by atoms with E-state index in [1.54, 1.807) is 0 Å². The predicted molar refractivity (Wildman–Crippen MR) is 158 cm³/mol. The Balaban J connectivity index is 1.47. The van der Waals surface area contributed by atoms with Crippen molar-refractivity contribution in [1.82, 2.24) is 9.97 Å². The van der Waals surface area contributed by atoms with Crippen LogP contribution in [0.25, 0.3) is 33.8 Å². The zero-order valence-corrected chi connectivity index (χ0v) is 21.7. The van der Waals surface area contributed by atoms with E-state index >= 15 is 0 Å². The van der Waals surface area contributed by atoms with Gasteiger partial charge < -0.3 is 0 Å². The van der Waals surface area contributed by atoms with Gasteiger partial charge in [0.1, 0.15) is 0 Å². The Hall–Kier alpha value is -4.82. The van der Waals surface area contributed by atoms with Crippen LogP contribution in [0, 0.1) is 6.92 Å². The molecule has 1 heterocycles. The molecule has 2 nitrogen and oxygen atoms in total. The molecule has 0 radical (unpaired) electrons. The zero-order chi connectivity index (χ0) is 26.0. The van der Waals surface area contributed by atoms with Gasteiger partial charge in [0.15, 0.2) is 5.82 Å². The molecule has 5 aromatic carbocycles. The summed E-state index contributed by atoms with van der Waals surface area (Å²) in [6.45, 7) is 2.06. The Morgan fingerprint density at radius 3 is 1.87 bits per heavy atom. The maximum Gasteiger partial charge on any atom is 0.160 e. The normalized spacial score (nSPS) is 13.9. The molecule has 184 valence electrons. The quantitative estimate of drug-likeness (QED) is 0.239. The Kier molecular flexibility index (Phi) is 4.75. The molecule has 8 rings (SSSR count). The van der Waals surface area contributed by atoms with Gasteiger partial charge in [-0.15, -0.1) is 0 Å². The molecule has 0 amide bonds. The molecule has 2 aliphatic rings. The van der Waals surface area contributed by atoms with Gasteiger partial charge in [0, 0.05) is 16.8 Å². The van der Waals surface area contributed by atoms with Crippen LogP contribution in [-0.4, -0.2) is 9.97 Å². The highest BCUT2D eigenvalue weighted by Gasteiger charge is 2.50. The van der Waals surface area contributed by atoms with Gasteiger partial charge in [-0.1, -0.05) is 121 Å². The van der Waals surface area contributed by atoms with Gasteiger partial charge in [-0.05, 0) is 63.9 Å². The molecular formula is C37H26N2. The number of hydrogen-bond donors (Lipinski definition) is 0. The lowest BCUT2D eigenvalue weighted by Gasteiger charge is -2.40. The number of rotatable bonds is 2. The molecule has 0 fully saturated rings. The van der Waals surface area contributed by atoms with Crippen molar-refractivity contribution in [3.63, 3.8) is 0 Å². The lowest BCUT2D eigenvalue weighted by molar-refractivity contribution is 0.722. The Morgan fingerprint density at radius 1 is 0.538 bits per heavy atom. The van der Waals surface area contributed by atoms with Gasteiger partial charge in [-0.25, -0.2) is 9.97 Å². The smallest absolute Gasteiger partial charge is 0.160 e. The van der Waals surface area contributed by atoms with Gasteiger partial charge >= 0.3 is 0 Å². The van der Waals surface area contributed by atoms with Crippen LogP contribution >= 0.6 is 0 Å². The number of aryl methyl sites for hydroxylation is 1. The first kappa shape index (κ1) is 22.2. The van der Waals surface area contributed by atoms with Crippen LogP contribution in [0.5, 0.6) is 0 Å². The standard InChI is InChI=1S/C37H26N2/c1-24-22-34(39-36(38-24)25-12-3-2-4-13-25)29-17-11-21-33-35(29)28-16-7-10-20-32(28)37(33)30-18-8-5-14-26(30)23-27-15-6-9-19-31(27)37/h2-22H,23H2,1H3. The predicted octanol–water partition coefficient (Wildman–Crippen LogP) is 8.39. The Labute approximate surface area is 228 Å². The molecular weight excluding hydrogens is 472 g/mol. The fourth-order valence-electron chi connectivity index (χ4n) is 6.98. The van der Waals surface area contributed by atoms with Crippen molar-refractivity contribution >= 4 is 0 Å². The Bertz CT molecular complexity index is 1860. The molecule has 0 N–H and O–H groups in total. The van der Waals surface area contributed by atoms with Crippen LogP contribution in [0.1, 0.15) is 39.1 Å². The van der Waals surface area contributed by atoms with Gasteiger partial charge in [-0.2, -0.15) is 0 Å². The van der Waals surface area contributed by atoms with Crippen LogP contribution in [-0.2, 0) is 11.8 Å². The zero-order valence-electron chi connectivity index (χ0n) is 21.7. The van der Waals surface area contributed by atoms with E-state index < -0.39 is 0 Å². The van der Waals surface area contributed by atoms with Gasteiger partial charge in [0.25, 0.3) is 0 Å². The number of benzene rings is 5. The second kappa shape index (κ2) is 8.34. The lowest BCUT2D eigenvalue weighted by atomic mass is 9.61. The van der Waals surface area contributed by atoms with E-state index in [1.807, 2.05) is 18.2 Å². The highest BCUT2D eigenvalue weighted by Crippen LogP contribution is 2.60. The highest BCUT2D eigenvalue weighted by molar-refractivity contribution is 5.95. The molecule has 1 spiro atoms. The molecule has 2 heteroatoms. The van der Waals surface area contributed by atoms with Crippen LogP contribution in [0.3, 0.4) is 0 Å². The average molecular weight is 499 g/mol. The fraction of sp³-hybridized carbons (Fsp3) is 0.0811. The first-order chi connectivity index (χ1) is 19.2. The van der Waals surface area contributed by atoms with E-state index in [2.05, 4.69) is 116 Å².